The molecule has 0 radical (unpaired) electrons. The molecule has 102 valence electrons. The van der Waals surface area contributed by atoms with Crippen molar-refractivity contribution in [2.45, 2.75) is 39.5 Å². The van der Waals surface area contributed by atoms with Crippen LogP contribution >= 0.6 is 0 Å². The van der Waals surface area contributed by atoms with Gasteiger partial charge in [0.05, 0.1) is 0 Å². The minimum Gasteiger partial charge on any atom is -0.399 e. The zero-order valence-electron chi connectivity index (χ0n) is 11.7. The van der Waals surface area contributed by atoms with Crippen molar-refractivity contribution in [2.75, 3.05) is 30.3 Å². The summed E-state index contributed by atoms with van der Waals surface area (Å²) < 4.78 is 0. The van der Waals surface area contributed by atoms with E-state index in [1.165, 1.54) is 18.5 Å². The van der Waals surface area contributed by atoms with Crippen molar-refractivity contribution in [3.8, 4) is 0 Å². The SMILES string of the molecule is CCN(CCCCCCO)c1ccc(N)c(C)c1. The van der Waals surface area contributed by atoms with Gasteiger partial charge in [-0.3, -0.25) is 0 Å². The Morgan fingerprint density at radius 3 is 2.50 bits per heavy atom. The summed E-state index contributed by atoms with van der Waals surface area (Å²) in [6.07, 6.45) is 4.41. The highest BCUT2D eigenvalue weighted by Gasteiger charge is 2.05. The van der Waals surface area contributed by atoms with Crippen LogP contribution < -0.4 is 10.6 Å². The highest BCUT2D eigenvalue weighted by molar-refractivity contribution is 5.57. The Balaban J connectivity index is 2.47. The first kappa shape index (κ1) is 14.8. The van der Waals surface area contributed by atoms with Gasteiger partial charge in [-0.05, 0) is 50.5 Å². The Labute approximate surface area is 111 Å². The van der Waals surface area contributed by atoms with Crippen LogP contribution in [0.3, 0.4) is 0 Å². The third-order valence-corrected chi connectivity index (χ3v) is 3.34. The molecule has 0 heterocycles. The standard InChI is InChI=1S/C15H26N2O/c1-3-17(10-6-4-5-7-11-18)14-8-9-15(16)13(2)12-14/h8-9,12,18H,3-7,10-11,16H2,1-2H3. The summed E-state index contributed by atoms with van der Waals surface area (Å²) in [4.78, 5) is 2.38. The lowest BCUT2D eigenvalue weighted by Crippen LogP contribution is -2.24. The lowest BCUT2D eigenvalue weighted by molar-refractivity contribution is 0.282. The van der Waals surface area contributed by atoms with Gasteiger partial charge in [-0.25, -0.2) is 0 Å². The van der Waals surface area contributed by atoms with Crippen molar-refractivity contribution in [1.29, 1.82) is 0 Å². The number of nitrogens with two attached hydrogens (primary N) is 1. The highest BCUT2D eigenvalue weighted by atomic mass is 16.2. The van der Waals surface area contributed by atoms with Crippen LogP contribution in [0.2, 0.25) is 0 Å². The van der Waals surface area contributed by atoms with Crippen LogP contribution in [0.15, 0.2) is 18.2 Å². The molecule has 0 saturated heterocycles. The maximum absolute atomic E-state index is 8.73. The van der Waals surface area contributed by atoms with Gasteiger partial charge in [0.1, 0.15) is 0 Å². The fourth-order valence-corrected chi connectivity index (χ4v) is 2.09. The number of hydrogen-bond acceptors (Lipinski definition) is 3. The normalized spacial score (nSPS) is 10.6. The number of aliphatic hydroxyl groups excluding tert-OH is 1. The lowest BCUT2D eigenvalue weighted by Gasteiger charge is -2.24. The van der Waals surface area contributed by atoms with E-state index in [-0.39, 0.29) is 0 Å². The predicted molar refractivity (Wildman–Crippen MR) is 79.0 cm³/mol. The number of aliphatic hydroxyl groups is 1. The second kappa shape index (κ2) is 7.98. The first-order chi connectivity index (χ1) is 8.69. The Morgan fingerprint density at radius 1 is 1.17 bits per heavy atom. The van der Waals surface area contributed by atoms with E-state index < -0.39 is 0 Å². The van der Waals surface area contributed by atoms with Crippen LogP contribution in [-0.4, -0.2) is 24.8 Å². The van der Waals surface area contributed by atoms with E-state index >= 15 is 0 Å². The van der Waals surface area contributed by atoms with Crippen molar-refractivity contribution in [3.63, 3.8) is 0 Å². The molecule has 3 heteroatoms. The van der Waals surface area contributed by atoms with Crippen molar-refractivity contribution in [3.05, 3.63) is 23.8 Å². The molecule has 0 amide bonds. The molecule has 3 nitrogen and oxygen atoms in total. The molecule has 1 aromatic carbocycles. The average molecular weight is 250 g/mol. The van der Waals surface area contributed by atoms with E-state index in [9.17, 15) is 0 Å². The maximum atomic E-state index is 8.73. The number of aryl methyl sites for hydroxylation is 1. The minimum absolute atomic E-state index is 0.314. The van der Waals surface area contributed by atoms with E-state index in [4.69, 9.17) is 10.8 Å². The topological polar surface area (TPSA) is 49.5 Å². The quantitative estimate of drug-likeness (QED) is 0.551. The molecule has 0 aromatic heterocycles. The van der Waals surface area contributed by atoms with Crippen LogP contribution in [0.1, 0.15) is 38.2 Å². The molecule has 0 aliphatic carbocycles. The van der Waals surface area contributed by atoms with Gasteiger partial charge in [-0.2, -0.15) is 0 Å². The average Bonchev–Trinajstić information content (AvgIpc) is 2.37. The molecule has 0 aliphatic rings. The smallest absolute Gasteiger partial charge is 0.0431 e. The monoisotopic (exact) mass is 250 g/mol. The van der Waals surface area contributed by atoms with Gasteiger partial charge in [0.15, 0.2) is 0 Å². The first-order valence-electron chi connectivity index (χ1n) is 6.91. The van der Waals surface area contributed by atoms with Crippen LogP contribution in [0, 0.1) is 6.92 Å². The largest absolute Gasteiger partial charge is 0.399 e. The molecular weight excluding hydrogens is 224 g/mol. The molecule has 0 atom stereocenters. The maximum Gasteiger partial charge on any atom is 0.0431 e. The van der Waals surface area contributed by atoms with E-state index in [1.807, 2.05) is 13.0 Å². The molecule has 1 aromatic rings. The fourth-order valence-electron chi connectivity index (χ4n) is 2.09. The molecule has 1 rings (SSSR count). The zero-order chi connectivity index (χ0) is 13.4. The van der Waals surface area contributed by atoms with Crippen molar-refractivity contribution in [2.24, 2.45) is 0 Å². The van der Waals surface area contributed by atoms with Gasteiger partial charge in [-0.1, -0.05) is 12.8 Å². The number of anilines is 2. The Kier molecular flexibility index (Phi) is 6.58. The number of unbranched alkanes of at least 4 members (excludes halogenated alkanes) is 3. The summed E-state index contributed by atoms with van der Waals surface area (Å²) >= 11 is 0. The Hall–Kier alpha value is -1.22. The molecule has 0 bridgehead atoms. The predicted octanol–water partition coefficient (Wildman–Crippen LogP) is 2.96. The molecule has 3 N–H and O–H groups in total. The third-order valence-electron chi connectivity index (χ3n) is 3.34. The molecule has 0 saturated carbocycles. The second-order valence-corrected chi connectivity index (χ2v) is 4.76. The summed E-state index contributed by atoms with van der Waals surface area (Å²) in [6.45, 7) is 6.64. The minimum atomic E-state index is 0.314. The van der Waals surface area contributed by atoms with Gasteiger partial charge < -0.3 is 15.7 Å². The van der Waals surface area contributed by atoms with E-state index in [0.29, 0.717) is 6.61 Å². The molecular formula is C15H26N2O. The van der Waals surface area contributed by atoms with E-state index in [1.54, 1.807) is 0 Å². The summed E-state index contributed by atoms with van der Waals surface area (Å²) in [5.74, 6) is 0. The second-order valence-electron chi connectivity index (χ2n) is 4.76. The lowest BCUT2D eigenvalue weighted by atomic mass is 10.1. The van der Waals surface area contributed by atoms with Gasteiger partial charge in [0.2, 0.25) is 0 Å². The van der Waals surface area contributed by atoms with Crippen LogP contribution in [0.5, 0.6) is 0 Å². The highest BCUT2D eigenvalue weighted by Crippen LogP contribution is 2.21. The summed E-state index contributed by atoms with van der Waals surface area (Å²) in [6, 6.07) is 6.24. The molecule has 0 fully saturated rings. The van der Waals surface area contributed by atoms with Gasteiger partial charge in [-0.15, -0.1) is 0 Å². The number of hydrogen-bond donors (Lipinski definition) is 2. The van der Waals surface area contributed by atoms with E-state index in [0.717, 1.165) is 37.2 Å². The molecule has 0 spiro atoms. The van der Waals surface area contributed by atoms with Crippen molar-refractivity contribution in [1.82, 2.24) is 0 Å². The van der Waals surface area contributed by atoms with Crippen LogP contribution in [0.25, 0.3) is 0 Å². The summed E-state index contributed by atoms with van der Waals surface area (Å²) in [7, 11) is 0. The number of nitrogen functional groups attached to an aromatic ring is 1. The zero-order valence-corrected chi connectivity index (χ0v) is 11.7. The van der Waals surface area contributed by atoms with Crippen LogP contribution in [-0.2, 0) is 0 Å². The number of rotatable bonds is 8. The van der Waals surface area contributed by atoms with Crippen molar-refractivity contribution >= 4 is 11.4 Å². The van der Waals surface area contributed by atoms with Crippen molar-refractivity contribution < 1.29 is 5.11 Å². The Bertz CT molecular complexity index is 352. The van der Waals surface area contributed by atoms with Gasteiger partial charge in [0, 0.05) is 31.1 Å². The first-order valence-corrected chi connectivity index (χ1v) is 6.91. The molecule has 18 heavy (non-hydrogen) atoms. The Morgan fingerprint density at radius 2 is 1.89 bits per heavy atom. The third kappa shape index (κ3) is 4.57. The van der Waals surface area contributed by atoms with Gasteiger partial charge >= 0.3 is 0 Å². The summed E-state index contributed by atoms with van der Waals surface area (Å²) in [5, 5.41) is 8.73. The number of benzene rings is 1. The molecule has 0 aliphatic heterocycles. The molecule has 0 unspecified atom stereocenters. The van der Waals surface area contributed by atoms with Gasteiger partial charge in [0.25, 0.3) is 0 Å². The number of nitrogens with zero attached hydrogens (tertiary/aromatic N) is 1. The summed E-state index contributed by atoms with van der Waals surface area (Å²) in [5.41, 5.74) is 9.10. The van der Waals surface area contributed by atoms with E-state index in [2.05, 4.69) is 24.0 Å². The fraction of sp³-hybridized carbons (Fsp3) is 0.600. The van der Waals surface area contributed by atoms with Crippen LogP contribution in [0.4, 0.5) is 11.4 Å².